The van der Waals surface area contributed by atoms with Crippen molar-refractivity contribution >= 4 is 23.0 Å². The Morgan fingerprint density at radius 1 is 1.36 bits per heavy atom. The van der Waals surface area contributed by atoms with Crippen molar-refractivity contribution in [3.8, 4) is 0 Å². The van der Waals surface area contributed by atoms with Gasteiger partial charge in [0.05, 0.1) is 5.88 Å². The fraction of sp³-hybridized carbons (Fsp3) is 0.778. The molecule has 1 heterocycles. The molecule has 1 fully saturated rings. The van der Waals surface area contributed by atoms with Crippen LogP contribution in [0.1, 0.15) is 20.8 Å². The molecule has 1 saturated heterocycles. The highest BCUT2D eigenvalue weighted by Gasteiger charge is 2.28. The third-order valence-corrected chi connectivity index (χ3v) is 3.12. The lowest BCUT2D eigenvalue weighted by Gasteiger charge is -2.34. The molecule has 1 aliphatic heterocycles. The van der Waals surface area contributed by atoms with Crippen LogP contribution in [0.5, 0.6) is 0 Å². The van der Waals surface area contributed by atoms with Crippen LogP contribution in [-0.4, -0.2) is 46.5 Å². The van der Waals surface area contributed by atoms with Crippen molar-refractivity contribution in [2.45, 2.75) is 20.8 Å². The zero-order valence-electron chi connectivity index (χ0n) is 8.99. The molecule has 1 aliphatic rings. The van der Waals surface area contributed by atoms with Crippen LogP contribution in [0.2, 0.25) is 0 Å². The van der Waals surface area contributed by atoms with Gasteiger partial charge in [-0.15, -0.1) is 0 Å². The lowest BCUT2D eigenvalue weighted by Crippen LogP contribution is -2.49. The first-order valence-electron chi connectivity index (χ1n) is 4.98. The van der Waals surface area contributed by atoms with Gasteiger partial charge in [-0.1, -0.05) is 11.8 Å². The quantitative estimate of drug-likeness (QED) is 0.720. The summed E-state index contributed by atoms with van der Waals surface area (Å²) in [6.07, 6.45) is 0. The van der Waals surface area contributed by atoms with Gasteiger partial charge in [-0.2, -0.15) is 0 Å². The third-order valence-electron chi connectivity index (χ3n) is 2.07. The van der Waals surface area contributed by atoms with E-state index in [1.165, 1.54) is 0 Å². The summed E-state index contributed by atoms with van der Waals surface area (Å²) in [4.78, 5) is 19.7. The average molecular weight is 215 g/mol. The Kier molecular flexibility index (Phi) is 4.25. The Morgan fingerprint density at radius 3 is 2.57 bits per heavy atom. The van der Waals surface area contributed by atoms with Crippen LogP contribution in [0.15, 0.2) is 4.99 Å². The van der Waals surface area contributed by atoms with E-state index in [9.17, 15) is 4.79 Å². The second-order valence-corrected chi connectivity index (χ2v) is 3.83. The van der Waals surface area contributed by atoms with Gasteiger partial charge in [-0.3, -0.25) is 9.89 Å². The van der Waals surface area contributed by atoms with Crippen molar-refractivity contribution in [1.82, 2.24) is 9.80 Å². The zero-order valence-corrected chi connectivity index (χ0v) is 9.80. The molecule has 0 bridgehead atoms. The molecule has 4 nitrogen and oxygen atoms in total. The summed E-state index contributed by atoms with van der Waals surface area (Å²) in [5.41, 5.74) is 0. The topological polar surface area (TPSA) is 35.9 Å². The van der Waals surface area contributed by atoms with Crippen LogP contribution in [0.3, 0.4) is 0 Å². The van der Waals surface area contributed by atoms with Gasteiger partial charge in [-0.25, -0.2) is 4.79 Å². The van der Waals surface area contributed by atoms with Crippen molar-refractivity contribution in [2.24, 2.45) is 4.99 Å². The average Bonchev–Trinajstić information content (AvgIpc) is 2.19. The first kappa shape index (κ1) is 11.4. The second-order valence-electron chi connectivity index (χ2n) is 2.91. The standard InChI is InChI=1S/C9H17N3OS/c1-4-10-8-12(6-3)9(13)11(5-2)7-14-8/h4-7H2,1-3H3/b10-8-. The summed E-state index contributed by atoms with van der Waals surface area (Å²) < 4.78 is 0. The number of thioether (sulfide) groups is 1. The zero-order chi connectivity index (χ0) is 10.6. The second kappa shape index (κ2) is 5.24. The molecule has 1 rings (SSSR count). The number of amidine groups is 1. The van der Waals surface area contributed by atoms with Crippen LogP contribution in [0.4, 0.5) is 4.79 Å². The van der Waals surface area contributed by atoms with Gasteiger partial charge in [0.25, 0.3) is 0 Å². The maximum Gasteiger partial charge on any atom is 0.326 e. The highest BCUT2D eigenvalue weighted by Crippen LogP contribution is 2.19. The first-order valence-corrected chi connectivity index (χ1v) is 5.96. The van der Waals surface area contributed by atoms with Crippen LogP contribution in [0.25, 0.3) is 0 Å². The van der Waals surface area contributed by atoms with Gasteiger partial charge in [0, 0.05) is 19.6 Å². The van der Waals surface area contributed by atoms with E-state index in [1.807, 2.05) is 25.7 Å². The minimum Gasteiger partial charge on any atom is -0.315 e. The van der Waals surface area contributed by atoms with Crippen LogP contribution >= 0.6 is 11.8 Å². The van der Waals surface area contributed by atoms with Crippen molar-refractivity contribution in [2.75, 3.05) is 25.5 Å². The van der Waals surface area contributed by atoms with Gasteiger partial charge in [0.1, 0.15) is 0 Å². The molecular formula is C9H17N3OS. The number of nitrogens with zero attached hydrogens (tertiary/aromatic N) is 3. The van der Waals surface area contributed by atoms with E-state index in [0.717, 1.165) is 24.1 Å². The Labute approximate surface area is 89.4 Å². The molecule has 0 spiro atoms. The molecule has 0 N–H and O–H groups in total. The molecule has 0 saturated carbocycles. The number of rotatable bonds is 3. The van der Waals surface area contributed by atoms with Crippen LogP contribution < -0.4 is 0 Å². The number of amides is 2. The molecule has 80 valence electrons. The Bertz CT molecular complexity index is 242. The molecule has 0 aromatic heterocycles. The minimum absolute atomic E-state index is 0.0842. The van der Waals surface area contributed by atoms with Crippen LogP contribution in [-0.2, 0) is 0 Å². The Hall–Kier alpha value is -0.710. The summed E-state index contributed by atoms with van der Waals surface area (Å²) in [5, 5.41) is 0.865. The molecule has 0 radical (unpaired) electrons. The smallest absolute Gasteiger partial charge is 0.315 e. The van der Waals surface area contributed by atoms with E-state index in [4.69, 9.17) is 0 Å². The molecule has 0 aliphatic carbocycles. The number of hydrogen-bond acceptors (Lipinski definition) is 3. The molecule has 5 heteroatoms. The van der Waals surface area contributed by atoms with E-state index >= 15 is 0 Å². The number of hydrogen-bond donors (Lipinski definition) is 0. The molecule has 0 aromatic carbocycles. The summed E-state index contributed by atoms with van der Waals surface area (Å²) in [6, 6.07) is 0.0842. The van der Waals surface area contributed by atoms with Gasteiger partial charge in [-0.05, 0) is 20.8 Å². The maximum absolute atomic E-state index is 11.8. The van der Waals surface area contributed by atoms with Crippen molar-refractivity contribution in [3.63, 3.8) is 0 Å². The van der Waals surface area contributed by atoms with E-state index in [-0.39, 0.29) is 6.03 Å². The van der Waals surface area contributed by atoms with Crippen molar-refractivity contribution in [1.29, 1.82) is 0 Å². The highest BCUT2D eigenvalue weighted by atomic mass is 32.2. The summed E-state index contributed by atoms with van der Waals surface area (Å²) in [6.45, 7) is 8.15. The fourth-order valence-corrected chi connectivity index (χ4v) is 2.43. The molecular weight excluding hydrogens is 198 g/mol. The van der Waals surface area contributed by atoms with E-state index < -0.39 is 0 Å². The van der Waals surface area contributed by atoms with Gasteiger partial charge in [0.15, 0.2) is 5.17 Å². The molecule has 14 heavy (non-hydrogen) atoms. The highest BCUT2D eigenvalue weighted by molar-refractivity contribution is 8.13. The van der Waals surface area contributed by atoms with Crippen LogP contribution in [0, 0.1) is 0 Å². The van der Waals surface area contributed by atoms with Gasteiger partial charge >= 0.3 is 6.03 Å². The molecule has 0 atom stereocenters. The minimum atomic E-state index is 0.0842. The Morgan fingerprint density at radius 2 is 2.07 bits per heavy atom. The molecule has 0 unspecified atom stereocenters. The third kappa shape index (κ3) is 2.20. The first-order chi connectivity index (χ1) is 6.74. The number of urea groups is 1. The van der Waals surface area contributed by atoms with Gasteiger partial charge < -0.3 is 4.90 Å². The largest absolute Gasteiger partial charge is 0.326 e. The number of carbonyl (C=O) groups is 1. The predicted molar refractivity (Wildman–Crippen MR) is 60.6 cm³/mol. The van der Waals surface area contributed by atoms with E-state index in [0.29, 0.717) is 6.54 Å². The monoisotopic (exact) mass is 215 g/mol. The summed E-state index contributed by atoms with van der Waals surface area (Å²) in [7, 11) is 0. The maximum atomic E-state index is 11.8. The summed E-state index contributed by atoms with van der Waals surface area (Å²) >= 11 is 1.64. The number of carbonyl (C=O) groups excluding carboxylic acids is 1. The molecule has 2 amide bonds. The van der Waals surface area contributed by atoms with Crippen molar-refractivity contribution in [3.05, 3.63) is 0 Å². The predicted octanol–water partition coefficient (Wildman–Crippen LogP) is 1.83. The Balaban J connectivity index is 2.77. The fourth-order valence-electron chi connectivity index (χ4n) is 1.28. The number of aliphatic imine (C=N–C) groups is 1. The van der Waals surface area contributed by atoms with E-state index in [2.05, 4.69) is 4.99 Å². The van der Waals surface area contributed by atoms with E-state index in [1.54, 1.807) is 16.7 Å². The molecule has 0 aromatic rings. The summed E-state index contributed by atoms with van der Waals surface area (Å²) in [5.74, 6) is 0.727. The lowest BCUT2D eigenvalue weighted by atomic mass is 10.5. The normalized spacial score (nSPS) is 20.8. The van der Waals surface area contributed by atoms with Crippen molar-refractivity contribution < 1.29 is 4.79 Å². The SMILES string of the molecule is CC/N=C1\SCN(CC)C(=O)N1CC. The lowest BCUT2D eigenvalue weighted by molar-refractivity contribution is 0.186. The van der Waals surface area contributed by atoms with Gasteiger partial charge in [0.2, 0.25) is 0 Å².